The fourth-order valence-corrected chi connectivity index (χ4v) is 2.94. The predicted octanol–water partition coefficient (Wildman–Crippen LogP) is 3.59. The molecule has 7 heteroatoms. The first-order chi connectivity index (χ1) is 13.0. The number of anilines is 1. The van der Waals surface area contributed by atoms with E-state index in [9.17, 15) is 0 Å². The minimum Gasteiger partial charge on any atom is -0.370 e. The highest BCUT2D eigenvalue weighted by Crippen LogP contribution is 2.14. The second kappa shape index (κ2) is 12.6. The third-order valence-corrected chi connectivity index (χ3v) is 4.62. The second-order valence-corrected chi connectivity index (χ2v) is 6.95. The van der Waals surface area contributed by atoms with Crippen molar-refractivity contribution in [3.63, 3.8) is 0 Å². The number of nitrogens with zero attached hydrogens (tertiary/aromatic N) is 4. The minimum absolute atomic E-state index is 0. The molecular formula is C21H35IN6. The quantitative estimate of drug-likeness (QED) is 0.240. The van der Waals surface area contributed by atoms with Crippen molar-refractivity contribution in [2.75, 3.05) is 31.6 Å². The first-order valence-corrected chi connectivity index (χ1v) is 9.82. The fraction of sp³-hybridized carbons (Fsp3) is 0.524. The molecule has 0 fully saturated rings. The maximum atomic E-state index is 4.76. The minimum atomic E-state index is 0. The van der Waals surface area contributed by atoms with Gasteiger partial charge in [0.05, 0.1) is 12.2 Å². The Kier molecular flexibility index (Phi) is 11.0. The molecule has 0 aliphatic rings. The number of nitrogens with one attached hydrogen (secondary N) is 2. The number of hydrogen-bond acceptors (Lipinski definition) is 3. The second-order valence-electron chi connectivity index (χ2n) is 6.95. The van der Waals surface area contributed by atoms with Crippen molar-refractivity contribution in [2.45, 2.75) is 46.7 Å². The number of guanidine groups is 1. The summed E-state index contributed by atoms with van der Waals surface area (Å²) >= 11 is 0. The molecule has 6 nitrogen and oxygen atoms in total. The molecule has 0 bridgehead atoms. The van der Waals surface area contributed by atoms with Gasteiger partial charge in [-0.1, -0.05) is 18.2 Å². The van der Waals surface area contributed by atoms with Crippen LogP contribution in [0.3, 0.4) is 0 Å². The summed E-state index contributed by atoms with van der Waals surface area (Å²) in [5.41, 5.74) is 3.50. The zero-order valence-electron chi connectivity index (χ0n) is 17.8. The van der Waals surface area contributed by atoms with Crippen molar-refractivity contribution in [1.82, 2.24) is 20.4 Å². The van der Waals surface area contributed by atoms with Gasteiger partial charge in [0.25, 0.3) is 0 Å². The summed E-state index contributed by atoms with van der Waals surface area (Å²) in [6, 6.07) is 12.9. The van der Waals surface area contributed by atoms with Crippen LogP contribution in [-0.2, 0) is 6.54 Å². The molecule has 1 aromatic carbocycles. The van der Waals surface area contributed by atoms with Crippen LogP contribution < -0.4 is 15.5 Å². The van der Waals surface area contributed by atoms with E-state index in [0.717, 1.165) is 44.3 Å². The summed E-state index contributed by atoms with van der Waals surface area (Å²) in [7, 11) is 2.12. The van der Waals surface area contributed by atoms with E-state index in [-0.39, 0.29) is 24.0 Å². The van der Waals surface area contributed by atoms with Crippen LogP contribution in [0.1, 0.15) is 31.7 Å². The first-order valence-electron chi connectivity index (χ1n) is 9.82. The van der Waals surface area contributed by atoms with E-state index >= 15 is 0 Å². The van der Waals surface area contributed by atoms with Crippen LogP contribution in [-0.4, -0.2) is 48.5 Å². The van der Waals surface area contributed by atoms with E-state index in [1.807, 2.05) is 13.0 Å². The smallest absolute Gasteiger partial charge is 0.191 e. The van der Waals surface area contributed by atoms with Crippen LogP contribution in [0.2, 0.25) is 0 Å². The largest absolute Gasteiger partial charge is 0.370 e. The highest BCUT2D eigenvalue weighted by Gasteiger charge is 2.09. The standard InChI is InChI=1S/C21H34N6.HI/c1-6-22-21(23-13-10-14-27-18(3)15-17(2)25-27)24-16-19(4)26(5)20-11-8-7-9-12-20;/h7-9,11-12,15,19H,6,10,13-14,16H2,1-5H3,(H2,22,23,24);1H. The zero-order chi connectivity index (χ0) is 19.6. The van der Waals surface area contributed by atoms with Crippen LogP contribution in [0.5, 0.6) is 0 Å². The van der Waals surface area contributed by atoms with Crippen LogP contribution >= 0.6 is 24.0 Å². The molecule has 2 aromatic rings. The number of likely N-dealkylation sites (N-methyl/N-ethyl adjacent to an activating group) is 1. The predicted molar refractivity (Wildman–Crippen MR) is 130 cm³/mol. The Morgan fingerprint density at radius 1 is 1.21 bits per heavy atom. The summed E-state index contributed by atoms with van der Waals surface area (Å²) in [5.74, 6) is 0.874. The molecule has 1 heterocycles. The molecule has 0 saturated heterocycles. The average Bonchev–Trinajstić information content (AvgIpc) is 3.00. The Bertz CT molecular complexity index is 713. The summed E-state index contributed by atoms with van der Waals surface area (Å²) < 4.78 is 2.07. The molecule has 1 unspecified atom stereocenters. The molecule has 0 amide bonds. The van der Waals surface area contributed by atoms with Crippen molar-refractivity contribution < 1.29 is 0 Å². The van der Waals surface area contributed by atoms with Crippen molar-refractivity contribution in [1.29, 1.82) is 0 Å². The molecule has 1 aromatic heterocycles. The van der Waals surface area contributed by atoms with Crippen LogP contribution in [0.25, 0.3) is 0 Å². The lowest BCUT2D eigenvalue weighted by atomic mass is 10.2. The van der Waals surface area contributed by atoms with Gasteiger partial charge >= 0.3 is 0 Å². The molecule has 28 heavy (non-hydrogen) atoms. The van der Waals surface area contributed by atoms with Gasteiger partial charge in [0, 0.05) is 44.1 Å². The zero-order valence-corrected chi connectivity index (χ0v) is 20.1. The van der Waals surface area contributed by atoms with Gasteiger partial charge in [0.15, 0.2) is 5.96 Å². The van der Waals surface area contributed by atoms with E-state index in [2.05, 4.69) is 83.5 Å². The molecule has 0 radical (unpaired) electrons. The summed E-state index contributed by atoms with van der Waals surface area (Å²) in [4.78, 5) is 7.02. The number of para-hydroxylation sites is 1. The van der Waals surface area contributed by atoms with Crippen molar-refractivity contribution >= 4 is 35.6 Å². The van der Waals surface area contributed by atoms with Gasteiger partial charge in [0.2, 0.25) is 0 Å². The van der Waals surface area contributed by atoms with Gasteiger partial charge in [-0.2, -0.15) is 5.10 Å². The number of aromatic nitrogens is 2. The summed E-state index contributed by atoms with van der Waals surface area (Å²) in [6.07, 6.45) is 1.01. The maximum absolute atomic E-state index is 4.76. The SMILES string of the molecule is CCNC(=NCC(C)N(C)c1ccccc1)NCCCn1nc(C)cc1C.I. The van der Waals surface area contributed by atoms with Crippen LogP contribution in [0, 0.1) is 13.8 Å². The third kappa shape index (κ3) is 7.69. The summed E-state index contributed by atoms with van der Waals surface area (Å²) in [5, 5.41) is 11.3. The van der Waals surface area contributed by atoms with Gasteiger partial charge in [-0.25, -0.2) is 0 Å². The Morgan fingerprint density at radius 3 is 2.54 bits per heavy atom. The van der Waals surface area contributed by atoms with Gasteiger partial charge in [-0.05, 0) is 52.3 Å². The van der Waals surface area contributed by atoms with Gasteiger partial charge in [0.1, 0.15) is 0 Å². The van der Waals surface area contributed by atoms with Gasteiger partial charge < -0.3 is 15.5 Å². The molecule has 0 saturated carbocycles. The molecule has 156 valence electrons. The van der Waals surface area contributed by atoms with Crippen LogP contribution in [0.4, 0.5) is 5.69 Å². The topological polar surface area (TPSA) is 57.5 Å². The molecule has 1 atom stereocenters. The lowest BCUT2D eigenvalue weighted by molar-refractivity contribution is 0.555. The Balaban J connectivity index is 0.00000392. The van der Waals surface area contributed by atoms with Crippen LogP contribution in [0.15, 0.2) is 41.4 Å². The lowest BCUT2D eigenvalue weighted by Crippen LogP contribution is -2.39. The Morgan fingerprint density at radius 2 is 1.93 bits per heavy atom. The Hall–Kier alpha value is -1.77. The van der Waals surface area contributed by atoms with E-state index in [1.165, 1.54) is 11.4 Å². The number of aliphatic imine (C=N–C) groups is 1. The van der Waals surface area contributed by atoms with Crippen molar-refractivity contribution in [3.05, 3.63) is 47.8 Å². The lowest BCUT2D eigenvalue weighted by Gasteiger charge is -2.26. The highest BCUT2D eigenvalue weighted by atomic mass is 127. The number of hydrogen-bond donors (Lipinski definition) is 2. The Labute approximate surface area is 186 Å². The highest BCUT2D eigenvalue weighted by molar-refractivity contribution is 14.0. The molecular weight excluding hydrogens is 463 g/mol. The summed E-state index contributed by atoms with van der Waals surface area (Å²) in [6.45, 7) is 11.8. The van der Waals surface area contributed by atoms with Gasteiger partial charge in [-0.15, -0.1) is 24.0 Å². The van der Waals surface area contributed by atoms with Crippen molar-refractivity contribution in [2.24, 2.45) is 4.99 Å². The van der Waals surface area contributed by atoms with E-state index in [1.54, 1.807) is 0 Å². The van der Waals surface area contributed by atoms with E-state index < -0.39 is 0 Å². The number of aryl methyl sites for hydroxylation is 3. The van der Waals surface area contributed by atoms with Gasteiger partial charge in [-0.3, -0.25) is 9.67 Å². The molecule has 0 aliphatic heterocycles. The monoisotopic (exact) mass is 498 g/mol. The fourth-order valence-electron chi connectivity index (χ4n) is 2.94. The average molecular weight is 498 g/mol. The van der Waals surface area contributed by atoms with E-state index in [4.69, 9.17) is 4.99 Å². The molecule has 2 N–H and O–H groups in total. The normalized spacial score (nSPS) is 12.2. The molecule has 2 rings (SSSR count). The maximum Gasteiger partial charge on any atom is 0.191 e. The third-order valence-electron chi connectivity index (χ3n) is 4.62. The molecule has 0 spiro atoms. The number of rotatable bonds is 9. The van der Waals surface area contributed by atoms with Crippen molar-refractivity contribution in [3.8, 4) is 0 Å². The molecule has 0 aliphatic carbocycles. The van der Waals surface area contributed by atoms with E-state index in [0.29, 0.717) is 6.04 Å². The number of halogens is 1. The number of benzene rings is 1. The first kappa shape index (κ1) is 24.3.